The number of benzene rings is 2. The van der Waals surface area contributed by atoms with E-state index in [2.05, 4.69) is 32.0 Å². The van der Waals surface area contributed by atoms with Crippen LogP contribution in [0.4, 0.5) is 19.0 Å². The summed E-state index contributed by atoms with van der Waals surface area (Å²) in [5.74, 6) is -1.14. The molecule has 2 aromatic heterocycles. The maximum absolute atomic E-state index is 16.7. The van der Waals surface area contributed by atoms with E-state index in [4.69, 9.17) is 21.3 Å². The number of rotatable bonds is 5. The molecule has 4 atom stereocenters. The Morgan fingerprint density at radius 1 is 1.16 bits per heavy atom. The molecule has 1 N–H and O–H groups in total. The van der Waals surface area contributed by atoms with Gasteiger partial charge < -0.3 is 15.0 Å². The van der Waals surface area contributed by atoms with E-state index in [1.807, 2.05) is 0 Å². The molecule has 0 saturated carbocycles. The molecule has 0 spiro atoms. The topological polar surface area (TPSA) is 66.4 Å². The van der Waals surface area contributed by atoms with Crippen molar-refractivity contribution in [2.75, 3.05) is 37.7 Å². The Labute approximate surface area is 252 Å². The molecule has 7 nitrogen and oxygen atoms in total. The van der Waals surface area contributed by atoms with Crippen molar-refractivity contribution >= 4 is 39.1 Å². The maximum atomic E-state index is 16.7. The second-order valence-corrected chi connectivity index (χ2v) is 13.4. The van der Waals surface area contributed by atoms with Gasteiger partial charge >= 0.3 is 6.01 Å². The van der Waals surface area contributed by atoms with E-state index in [0.29, 0.717) is 47.7 Å². The van der Waals surface area contributed by atoms with Crippen LogP contribution in [0.3, 0.4) is 0 Å². The summed E-state index contributed by atoms with van der Waals surface area (Å²) in [6.07, 6.45) is 6.35. The van der Waals surface area contributed by atoms with Gasteiger partial charge in [-0.3, -0.25) is 9.88 Å². The van der Waals surface area contributed by atoms with Crippen LogP contribution in [0.15, 0.2) is 36.7 Å². The van der Waals surface area contributed by atoms with Crippen molar-refractivity contribution in [1.82, 2.24) is 25.2 Å². The summed E-state index contributed by atoms with van der Waals surface area (Å²) in [5, 5.41) is 5.50. The van der Waals surface area contributed by atoms with Gasteiger partial charge in [0.25, 0.3) is 0 Å². The van der Waals surface area contributed by atoms with Crippen LogP contribution < -0.4 is 15.0 Å². The molecule has 0 radical (unpaired) electrons. The summed E-state index contributed by atoms with van der Waals surface area (Å²) >= 11 is 6.53. The normalized spacial score (nSPS) is 28.7. The van der Waals surface area contributed by atoms with E-state index in [1.54, 1.807) is 24.4 Å². The van der Waals surface area contributed by atoms with Crippen LogP contribution in [0.25, 0.3) is 32.8 Å². The van der Waals surface area contributed by atoms with Crippen molar-refractivity contribution in [3.63, 3.8) is 0 Å². The van der Waals surface area contributed by atoms with E-state index in [-0.39, 0.29) is 46.2 Å². The lowest BCUT2D eigenvalue weighted by atomic mass is 9.95. The number of aromatic nitrogens is 3. The van der Waals surface area contributed by atoms with Gasteiger partial charge in [-0.25, -0.2) is 13.2 Å². The largest absolute Gasteiger partial charge is 0.461 e. The van der Waals surface area contributed by atoms with Gasteiger partial charge in [-0.2, -0.15) is 9.97 Å². The SMILES string of the molecule is C[C@]12CC[C@H](CN(c3nc(OC[C@@]45CCCN4C[C@H](F)C5)nc4c(F)c(-c5cncc6cccc(Cl)c56)c(F)cc34)C1)N2. The highest BCUT2D eigenvalue weighted by molar-refractivity contribution is 6.36. The Balaban J connectivity index is 1.28. The first kappa shape index (κ1) is 27.3. The minimum Gasteiger partial charge on any atom is -0.461 e. The number of ether oxygens (including phenoxy) is 1. The number of halogens is 4. The van der Waals surface area contributed by atoms with E-state index < -0.39 is 23.3 Å². The lowest BCUT2D eigenvalue weighted by Crippen LogP contribution is -2.58. The van der Waals surface area contributed by atoms with Crippen molar-refractivity contribution in [3.8, 4) is 17.1 Å². The molecular formula is C32H32ClF3N6O. The number of fused-ring (bicyclic) bond motifs is 5. The molecular weight excluding hydrogens is 577 g/mol. The van der Waals surface area contributed by atoms with Crippen LogP contribution in [0, 0.1) is 11.6 Å². The van der Waals surface area contributed by atoms with Gasteiger partial charge in [0.15, 0.2) is 5.82 Å². The maximum Gasteiger partial charge on any atom is 0.319 e. The molecule has 2 aromatic carbocycles. The number of nitrogens with zero attached hydrogens (tertiary/aromatic N) is 5. The van der Waals surface area contributed by atoms with Gasteiger partial charge in [-0.05, 0) is 51.3 Å². The van der Waals surface area contributed by atoms with Gasteiger partial charge in [0, 0.05) is 76.8 Å². The highest BCUT2D eigenvalue weighted by Crippen LogP contribution is 2.43. The fraction of sp³-hybridized carbons (Fsp3) is 0.469. The van der Waals surface area contributed by atoms with Gasteiger partial charge in [0.2, 0.25) is 0 Å². The van der Waals surface area contributed by atoms with Crippen molar-refractivity contribution in [1.29, 1.82) is 0 Å². The van der Waals surface area contributed by atoms with Crippen LogP contribution in [-0.4, -0.2) is 75.9 Å². The number of piperazine rings is 1. The molecule has 2 bridgehead atoms. The second kappa shape index (κ2) is 9.90. The zero-order chi connectivity index (χ0) is 29.5. The lowest BCUT2D eigenvalue weighted by molar-refractivity contribution is 0.107. The first-order chi connectivity index (χ1) is 20.7. The molecule has 0 aliphatic carbocycles. The number of pyridine rings is 1. The standard InChI is InChI=1S/C32H32ClF3N6O/c1-31-8-6-20(40-31)15-41(16-31)29-21-10-24(35)26(22-13-37-12-18-4-2-5-23(33)25(18)22)27(36)28(21)38-30(39-29)43-17-32-7-3-9-42(32)14-19(34)11-32/h2,4-5,10,12-13,19-20,40H,3,6-9,11,14-17H2,1H3/t19-,20-,31+,32+/m1/s1. The van der Waals surface area contributed by atoms with Gasteiger partial charge in [0.1, 0.15) is 29.9 Å². The van der Waals surface area contributed by atoms with Gasteiger partial charge in [-0.1, -0.05) is 23.7 Å². The monoisotopic (exact) mass is 608 g/mol. The van der Waals surface area contributed by atoms with E-state index in [9.17, 15) is 4.39 Å². The Kier molecular flexibility index (Phi) is 6.30. The first-order valence-corrected chi connectivity index (χ1v) is 15.4. The molecule has 11 heteroatoms. The predicted molar refractivity (Wildman–Crippen MR) is 161 cm³/mol. The summed E-state index contributed by atoms with van der Waals surface area (Å²) in [7, 11) is 0. The second-order valence-electron chi connectivity index (χ2n) is 13.0. The Morgan fingerprint density at radius 3 is 2.91 bits per heavy atom. The number of hydrogen-bond donors (Lipinski definition) is 1. The van der Waals surface area contributed by atoms with Crippen LogP contribution in [0.2, 0.25) is 5.02 Å². The van der Waals surface area contributed by atoms with E-state index in [1.165, 1.54) is 12.3 Å². The first-order valence-electron chi connectivity index (χ1n) is 15.0. The average molecular weight is 609 g/mol. The van der Waals surface area contributed by atoms with E-state index in [0.717, 1.165) is 32.2 Å². The Morgan fingerprint density at radius 2 is 2.05 bits per heavy atom. The summed E-state index contributed by atoms with van der Waals surface area (Å²) in [6, 6.07) is 6.83. The van der Waals surface area contributed by atoms with Crippen molar-refractivity contribution < 1.29 is 17.9 Å². The van der Waals surface area contributed by atoms with Crippen LogP contribution in [0.1, 0.15) is 39.0 Å². The number of alkyl halides is 1. The molecule has 8 rings (SSSR count). The van der Waals surface area contributed by atoms with Crippen molar-refractivity contribution in [3.05, 3.63) is 53.3 Å². The van der Waals surface area contributed by atoms with Crippen molar-refractivity contribution in [2.24, 2.45) is 0 Å². The molecule has 0 unspecified atom stereocenters. The zero-order valence-electron chi connectivity index (χ0n) is 23.8. The highest BCUT2D eigenvalue weighted by Gasteiger charge is 2.49. The highest BCUT2D eigenvalue weighted by atomic mass is 35.5. The molecule has 4 aliphatic rings. The predicted octanol–water partition coefficient (Wildman–Crippen LogP) is 6.06. The Bertz CT molecular complexity index is 1770. The molecule has 4 aromatic rings. The molecule has 224 valence electrons. The average Bonchev–Trinajstić information content (AvgIpc) is 3.60. The summed E-state index contributed by atoms with van der Waals surface area (Å²) in [5.41, 5.74) is -0.592. The fourth-order valence-electron chi connectivity index (χ4n) is 8.04. The number of nitrogens with one attached hydrogen (secondary N) is 1. The number of anilines is 1. The third-order valence-corrected chi connectivity index (χ3v) is 10.3. The number of hydrogen-bond acceptors (Lipinski definition) is 7. The van der Waals surface area contributed by atoms with E-state index >= 15 is 8.78 Å². The smallest absolute Gasteiger partial charge is 0.319 e. The van der Waals surface area contributed by atoms with Crippen LogP contribution in [0.5, 0.6) is 6.01 Å². The Hall–Kier alpha value is -3.21. The summed E-state index contributed by atoms with van der Waals surface area (Å²) in [6.45, 7) is 4.87. The molecule has 0 amide bonds. The summed E-state index contributed by atoms with van der Waals surface area (Å²) < 4.78 is 53.5. The quantitative estimate of drug-likeness (QED) is 0.295. The third kappa shape index (κ3) is 4.44. The van der Waals surface area contributed by atoms with Gasteiger partial charge in [-0.15, -0.1) is 0 Å². The van der Waals surface area contributed by atoms with Crippen LogP contribution in [-0.2, 0) is 0 Å². The molecule has 4 aliphatic heterocycles. The molecule has 4 saturated heterocycles. The minimum absolute atomic E-state index is 0.00704. The lowest BCUT2D eigenvalue weighted by Gasteiger charge is -2.40. The summed E-state index contributed by atoms with van der Waals surface area (Å²) in [4.78, 5) is 17.8. The zero-order valence-corrected chi connectivity index (χ0v) is 24.6. The van der Waals surface area contributed by atoms with Crippen molar-refractivity contribution in [2.45, 2.75) is 62.3 Å². The fourth-order valence-corrected chi connectivity index (χ4v) is 8.33. The third-order valence-electron chi connectivity index (χ3n) is 9.95. The molecule has 6 heterocycles. The minimum atomic E-state index is -0.904. The van der Waals surface area contributed by atoms with Crippen LogP contribution >= 0.6 is 11.6 Å². The van der Waals surface area contributed by atoms with Gasteiger partial charge in [0.05, 0.1) is 11.1 Å². The molecule has 43 heavy (non-hydrogen) atoms. The molecule has 4 fully saturated rings.